The molecule has 3 aromatic rings. The molecule has 0 fully saturated rings. The molecule has 0 radical (unpaired) electrons. The number of hydrogen-bond acceptors (Lipinski definition) is 5. The molecule has 5 heteroatoms. The van der Waals surface area contributed by atoms with Gasteiger partial charge in [0.2, 0.25) is 0 Å². The van der Waals surface area contributed by atoms with Crippen molar-refractivity contribution in [2.24, 2.45) is 0 Å². The van der Waals surface area contributed by atoms with Gasteiger partial charge in [0, 0.05) is 16.8 Å². The summed E-state index contributed by atoms with van der Waals surface area (Å²) in [6.45, 7) is 2.23. The highest BCUT2D eigenvalue weighted by molar-refractivity contribution is 6.09. The molecule has 142 valence electrons. The van der Waals surface area contributed by atoms with Crippen molar-refractivity contribution in [2.45, 2.75) is 6.92 Å². The molecule has 0 aliphatic rings. The maximum Gasteiger partial charge on any atom is 0.325 e. The summed E-state index contributed by atoms with van der Waals surface area (Å²) in [5.74, 6) is -0.315. The third kappa shape index (κ3) is 4.98. The Bertz CT molecular complexity index is 938. The van der Waals surface area contributed by atoms with Crippen LogP contribution in [0.2, 0.25) is 0 Å². The fourth-order valence-corrected chi connectivity index (χ4v) is 2.74. The van der Waals surface area contributed by atoms with Crippen molar-refractivity contribution in [3.63, 3.8) is 0 Å². The molecule has 28 heavy (non-hydrogen) atoms. The minimum absolute atomic E-state index is 0.0105. The molecule has 0 heterocycles. The fraction of sp³-hybridized carbons (Fsp3) is 0.130. The minimum Gasteiger partial charge on any atom is -0.465 e. The Morgan fingerprint density at radius 3 is 2.07 bits per heavy atom. The number of benzene rings is 3. The summed E-state index contributed by atoms with van der Waals surface area (Å²) in [5.41, 5.74) is 3.76. The molecule has 0 saturated carbocycles. The highest BCUT2D eigenvalue weighted by Crippen LogP contribution is 2.25. The van der Waals surface area contributed by atoms with Gasteiger partial charge in [0.1, 0.15) is 6.54 Å². The standard InChI is InChI=1S/C23H22N2O3/c1-2-28-22(26)16-24-20-10-6-7-11-21(20)25-19-14-12-18(13-15-19)23(27)17-8-4-3-5-9-17/h3-15,24-25H,2,16H2,1H3. The van der Waals surface area contributed by atoms with Crippen LogP contribution < -0.4 is 10.6 Å². The normalized spacial score (nSPS) is 10.2. The highest BCUT2D eigenvalue weighted by Gasteiger charge is 2.09. The van der Waals surface area contributed by atoms with E-state index in [1.807, 2.05) is 54.6 Å². The van der Waals surface area contributed by atoms with Gasteiger partial charge in [-0.3, -0.25) is 9.59 Å². The molecule has 0 atom stereocenters. The third-order valence-corrected chi connectivity index (χ3v) is 4.12. The summed E-state index contributed by atoms with van der Waals surface area (Å²) in [5, 5.41) is 6.39. The molecule has 0 amide bonds. The Balaban J connectivity index is 1.69. The number of carbonyl (C=O) groups is 2. The van der Waals surface area contributed by atoms with E-state index in [0.29, 0.717) is 17.7 Å². The molecule has 0 spiro atoms. The average Bonchev–Trinajstić information content (AvgIpc) is 2.74. The van der Waals surface area contributed by atoms with E-state index in [9.17, 15) is 9.59 Å². The first-order valence-corrected chi connectivity index (χ1v) is 9.12. The monoisotopic (exact) mass is 374 g/mol. The van der Waals surface area contributed by atoms with Crippen LogP contribution in [0.3, 0.4) is 0 Å². The van der Waals surface area contributed by atoms with Crippen LogP contribution in [-0.4, -0.2) is 24.9 Å². The summed E-state index contributed by atoms with van der Waals surface area (Å²) >= 11 is 0. The van der Waals surface area contributed by atoms with E-state index in [2.05, 4.69) is 10.6 Å². The molecule has 2 N–H and O–H groups in total. The Morgan fingerprint density at radius 1 is 0.786 bits per heavy atom. The second-order valence-electron chi connectivity index (χ2n) is 6.10. The van der Waals surface area contributed by atoms with Gasteiger partial charge in [-0.15, -0.1) is 0 Å². The number of anilines is 3. The van der Waals surface area contributed by atoms with Crippen molar-refractivity contribution in [2.75, 3.05) is 23.8 Å². The molecule has 0 bridgehead atoms. The number of rotatable bonds is 8. The Hall–Kier alpha value is -3.60. The van der Waals surface area contributed by atoms with Crippen LogP contribution in [0.5, 0.6) is 0 Å². The Morgan fingerprint density at radius 2 is 1.39 bits per heavy atom. The first kappa shape index (κ1) is 19.2. The van der Waals surface area contributed by atoms with Gasteiger partial charge in [0.25, 0.3) is 0 Å². The molecule has 0 aromatic heterocycles. The van der Waals surface area contributed by atoms with E-state index in [1.54, 1.807) is 31.2 Å². The maximum absolute atomic E-state index is 12.5. The van der Waals surface area contributed by atoms with E-state index < -0.39 is 0 Å². The summed E-state index contributed by atoms with van der Waals surface area (Å²) in [6, 6.07) is 24.1. The predicted molar refractivity (Wildman–Crippen MR) is 111 cm³/mol. The fourth-order valence-electron chi connectivity index (χ4n) is 2.74. The average molecular weight is 374 g/mol. The summed E-state index contributed by atoms with van der Waals surface area (Å²) in [7, 11) is 0. The van der Waals surface area contributed by atoms with Gasteiger partial charge in [-0.1, -0.05) is 42.5 Å². The topological polar surface area (TPSA) is 67.4 Å². The number of nitrogens with one attached hydrogen (secondary N) is 2. The van der Waals surface area contributed by atoms with Gasteiger partial charge >= 0.3 is 5.97 Å². The van der Waals surface area contributed by atoms with Gasteiger partial charge < -0.3 is 15.4 Å². The zero-order valence-electron chi connectivity index (χ0n) is 15.6. The van der Waals surface area contributed by atoms with Crippen LogP contribution >= 0.6 is 0 Å². The van der Waals surface area contributed by atoms with E-state index in [1.165, 1.54) is 0 Å². The van der Waals surface area contributed by atoms with Gasteiger partial charge in [-0.05, 0) is 43.3 Å². The minimum atomic E-state index is -0.305. The van der Waals surface area contributed by atoms with Crippen molar-refractivity contribution >= 4 is 28.8 Å². The molecule has 0 aliphatic heterocycles. The van der Waals surface area contributed by atoms with Gasteiger partial charge in [0.05, 0.1) is 18.0 Å². The molecule has 5 nitrogen and oxygen atoms in total. The van der Waals surface area contributed by atoms with E-state index in [0.717, 1.165) is 17.1 Å². The SMILES string of the molecule is CCOC(=O)CNc1ccccc1Nc1ccc(C(=O)c2ccccc2)cc1. The third-order valence-electron chi connectivity index (χ3n) is 4.12. The van der Waals surface area contributed by atoms with Crippen LogP contribution in [0.15, 0.2) is 78.9 Å². The first-order valence-electron chi connectivity index (χ1n) is 9.12. The summed E-state index contributed by atoms with van der Waals surface area (Å²) in [6.07, 6.45) is 0. The van der Waals surface area contributed by atoms with Crippen molar-refractivity contribution in [1.82, 2.24) is 0 Å². The first-order chi connectivity index (χ1) is 13.7. The van der Waals surface area contributed by atoms with Crippen LogP contribution in [0.4, 0.5) is 17.1 Å². The number of ether oxygens (including phenoxy) is 1. The van der Waals surface area contributed by atoms with Crippen molar-refractivity contribution < 1.29 is 14.3 Å². The van der Waals surface area contributed by atoms with Crippen molar-refractivity contribution in [1.29, 1.82) is 0 Å². The van der Waals surface area contributed by atoms with E-state index in [-0.39, 0.29) is 18.3 Å². The maximum atomic E-state index is 12.5. The van der Waals surface area contributed by atoms with Gasteiger partial charge in [-0.2, -0.15) is 0 Å². The molecule has 0 saturated heterocycles. The number of carbonyl (C=O) groups excluding carboxylic acids is 2. The van der Waals surface area contributed by atoms with Gasteiger partial charge in [0.15, 0.2) is 5.78 Å². The largest absolute Gasteiger partial charge is 0.465 e. The number of ketones is 1. The molecular weight excluding hydrogens is 352 g/mol. The van der Waals surface area contributed by atoms with Gasteiger partial charge in [-0.25, -0.2) is 0 Å². The number of esters is 1. The smallest absolute Gasteiger partial charge is 0.325 e. The lowest BCUT2D eigenvalue weighted by atomic mass is 10.0. The van der Waals surface area contributed by atoms with Crippen LogP contribution in [-0.2, 0) is 9.53 Å². The number of para-hydroxylation sites is 2. The van der Waals surface area contributed by atoms with Crippen LogP contribution in [0.1, 0.15) is 22.8 Å². The molecular formula is C23H22N2O3. The van der Waals surface area contributed by atoms with Crippen LogP contribution in [0, 0.1) is 0 Å². The molecule has 0 unspecified atom stereocenters. The van der Waals surface area contributed by atoms with Crippen molar-refractivity contribution in [3.05, 3.63) is 90.0 Å². The van der Waals surface area contributed by atoms with Crippen molar-refractivity contribution in [3.8, 4) is 0 Å². The molecule has 3 rings (SSSR count). The zero-order valence-corrected chi connectivity index (χ0v) is 15.6. The highest BCUT2D eigenvalue weighted by atomic mass is 16.5. The lowest BCUT2D eigenvalue weighted by Crippen LogP contribution is -2.17. The van der Waals surface area contributed by atoms with E-state index >= 15 is 0 Å². The summed E-state index contributed by atoms with van der Waals surface area (Å²) < 4.78 is 4.94. The Kier molecular flexibility index (Phi) is 6.41. The lowest BCUT2D eigenvalue weighted by Gasteiger charge is -2.14. The quantitative estimate of drug-likeness (QED) is 0.444. The molecule has 0 aliphatic carbocycles. The lowest BCUT2D eigenvalue weighted by molar-refractivity contribution is -0.140. The van der Waals surface area contributed by atoms with Crippen LogP contribution in [0.25, 0.3) is 0 Å². The second kappa shape index (κ2) is 9.37. The summed E-state index contributed by atoms with van der Waals surface area (Å²) in [4.78, 5) is 24.1. The molecule has 3 aromatic carbocycles. The second-order valence-corrected chi connectivity index (χ2v) is 6.10. The predicted octanol–water partition coefficient (Wildman–Crippen LogP) is 4.64. The number of hydrogen-bond donors (Lipinski definition) is 2. The Labute approximate surface area is 164 Å². The van der Waals surface area contributed by atoms with E-state index in [4.69, 9.17) is 4.74 Å². The zero-order chi connectivity index (χ0) is 19.8.